The first-order chi connectivity index (χ1) is 10.8. The molecule has 0 spiro atoms. The highest BCUT2D eigenvalue weighted by atomic mass is 35.5. The Morgan fingerprint density at radius 2 is 1.65 bits per heavy atom. The van der Waals surface area contributed by atoms with Gasteiger partial charge in [0.25, 0.3) is 0 Å². The Morgan fingerprint density at radius 1 is 1.09 bits per heavy atom. The number of rotatable bonds is 1. The van der Waals surface area contributed by atoms with E-state index >= 15 is 0 Å². The molecule has 122 valence electrons. The van der Waals surface area contributed by atoms with E-state index in [2.05, 4.69) is 0 Å². The molecule has 0 N–H and O–H groups in total. The van der Waals surface area contributed by atoms with Gasteiger partial charge in [0.1, 0.15) is 0 Å². The number of imide groups is 1. The van der Waals surface area contributed by atoms with Crippen LogP contribution in [0.4, 0.5) is 18.9 Å². The monoisotopic (exact) mass is 345 g/mol. The molecule has 4 unspecified atom stereocenters. The van der Waals surface area contributed by atoms with E-state index in [4.69, 9.17) is 16.3 Å². The number of hydrogen-bond acceptors (Lipinski definition) is 3. The Hall–Kier alpha value is -1.60. The molecule has 0 saturated carbocycles. The zero-order valence-electron chi connectivity index (χ0n) is 11.6. The molecule has 4 atom stereocenters. The van der Waals surface area contributed by atoms with Crippen molar-refractivity contribution < 1.29 is 27.5 Å². The molecule has 0 aromatic heterocycles. The van der Waals surface area contributed by atoms with Gasteiger partial charge in [0, 0.05) is 0 Å². The van der Waals surface area contributed by atoms with E-state index in [-0.39, 0.29) is 22.9 Å². The Labute approximate surface area is 134 Å². The maximum absolute atomic E-state index is 12.9. The molecule has 3 aliphatic rings. The number of nitrogens with zero attached hydrogens (tertiary/aromatic N) is 1. The predicted octanol–water partition coefficient (Wildman–Crippen LogP) is 3.03. The first-order valence-electron chi connectivity index (χ1n) is 7.19. The lowest BCUT2D eigenvalue weighted by Gasteiger charge is -2.20. The maximum Gasteiger partial charge on any atom is 0.416 e. The molecule has 2 bridgehead atoms. The largest absolute Gasteiger partial charge is 0.416 e. The smallest absolute Gasteiger partial charge is 0.373 e. The molecule has 23 heavy (non-hydrogen) atoms. The van der Waals surface area contributed by atoms with Crippen LogP contribution in [0.15, 0.2) is 18.2 Å². The molecular formula is C15H11ClF3NO3. The van der Waals surface area contributed by atoms with E-state index in [0.29, 0.717) is 12.8 Å². The second-order valence-corrected chi connectivity index (χ2v) is 6.42. The molecule has 2 amide bonds. The van der Waals surface area contributed by atoms with Crippen LogP contribution < -0.4 is 4.90 Å². The Bertz CT molecular complexity index is 692. The molecule has 1 aromatic carbocycles. The summed E-state index contributed by atoms with van der Waals surface area (Å²) in [6, 6.07) is 2.63. The zero-order valence-corrected chi connectivity index (χ0v) is 12.4. The normalized spacial score (nSPS) is 32.8. The standard InChI is InChI=1S/C15H11ClF3NO3/c16-7-2-1-6(15(17,18)19)5-8(7)20-13(21)11-9-3-4-10(23-9)12(11)14(20)22/h1-2,5,9-12H,3-4H2. The van der Waals surface area contributed by atoms with Crippen molar-refractivity contribution in [2.75, 3.05) is 4.90 Å². The summed E-state index contributed by atoms with van der Waals surface area (Å²) in [5.74, 6) is -2.25. The van der Waals surface area contributed by atoms with Gasteiger partial charge < -0.3 is 4.74 Å². The second-order valence-electron chi connectivity index (χ2n) is 6.02. The topological polar surface area (TPSA) is 46.6 Å². The highest BCUT2D eigenvalue weighted by molar-refractivity contribution is 6.36. The molecule has 3 saturated heterocycles. The Balaban J connectivity index is 1.77. The third kappa shape index (κ3) is 2.03. The third-order valence-electron chi connectivity index (χ3n) is 4.80. The van der Waals surface area contributed by atoms with E-state index in [0.717, 1.165) is 23.1 Å². The van der Waals surface area contributed by atoms with Crippen molar-refractivity contribution in [3.63, 3.8) is 0 Å². The van der Waals surface area contributed by atoms with Crippen molar-refractivity contribution in [2.45, 2.75) is 31.2 Å². The van der Waals surface area contributed by atoms with Crippen LogP contribution in [-0.2, 0) is 20.5 Å². The molecule has 8 heteroatoms. The van der Waals surface area contributed by atoms with E-state index in [1.165, 1.54) is 0 Å². The minimum atomic E-state index is -4.58. The van der Waals surface area contributed by atoms with Crippen LogP contribution in [-0.4, -0.2) is 24.0 Å². The van der Waals surface area contributed by atoms with Gasteiger partial charge in [-0.3, -0.25) is 9.59 Å². The van der Waals surface area contributed by atoms with Crippen LogP contribution >= 0.6 is 11.6 Å². The van der Waals surface area contributed by atoms with Crippen LogP contribution in [0.2, 0.25) is 5.02 Å². The predicted molar refractivity (Wildman–Crippen MR) is 73.8 cm³/mol. The Morgan fingerprint density at radius 3 is 2.17 bits per heavy atom. The van der Waals surface area contributed by atoms with Crippen LogP contribution in [0.1, 0.15) is 18.4 Å². The summed E-state index contributed by atoms with van der Waals surface area (Å²) >= 11 is 5.96. The van der Waals surface area contributed by atoms with Gasteiger partial charge in [-0.2, -0.15) is 13.2 Å². The molecule has 3 heterocycles. The van der Waals surface area contributed by atoms with E-state index in [9.17, 15) is 22.8 Å². The lowest BCUT2D eigenvalue weighted by atomic mass is 9.81. The van der Waals surface area contributed by atoms with Crippen molar-refractivity contribution in [3.05, 3.63) is 28.8 Å². The maximum atomic E-state index is 12.9. The molecule has 0 aliphatic carbocycles. The summed E-state index contributed by atoms with van der Waals surface area (Å²) < 4.78 is 44.3. The number of amides is 2. The van der Waals surface area contributed by atoms with Crippen molar-refractivity contribution in [1.29, 1.82) is 0 Å². The van der Waals surface area contributed by atoms with Crippen LogP contribution in [0.5, 0.6) is 0 Å². The number of halogens is 4. The number of ether oxygens (including phenoxy) is 1. The molecule has 0 radical (unpaired) electrons. The lowest BCUT2D eigenvalue weighted by Crippen LogP contribution is -2.34. The van der Waals surface area contributed by atoms with Gasteiger partial charge in [0.15, 0.2) is 0 Å². The number of alkyl halides is 3. The van der Waals surface area contributed by atoms with Crippen molar-refractivity contribution in [3.8, 4) is 0 Å². The SMILES string of the molecule is O=C1C2C3CCC(O3)C2C(=O)N1c1cc(C(F)(F)F)ccc1Cl. The minimum Gasteiger partial charge on any atom is -0.373 e. The van der Waals surface area contributed by atoms with Gasteiger partial charge in [-0.15, -0.1) is 0 Å². The highest BCUT2D eigenvalue weighted by Gasteiger charge is 2.62. The van der Waals surface area contributed by atoms with Gasteiger partial charge in [-0.05, 0) is 31.0 Å². The summed E-state index contributed by atoms with van der Waals surface area (Å²) in [7, 11) is 0. The molecule has 3 aliphatic heterocycles. The number of carbonyl (C=O) groups excluding carboxylic acids is 2. The summed E-state index contributed by atoms with van der Waals surface area (Å²) in [5, 5.41) is -0.0621. The molecule has 4 rings (SSSR count). The first kappa shape index (κ1) is 15.0. The number of hydrogen-bond donors (Lipinski definition) is 0. The highest BCUT2D eigenvalue weighted by Crippen LogP contribution is 2.50. The zero-order chi connectivity index (χ0) is 16.5. The van der Waals surface area contributed by atoms with Crippen LogP contribution in [0, 0.1) is 11.8 Å². The summed E-state index contributed by atoms with van der Waals surface area (Å²) in [5.41, 5.74) is -1.15. The molecule has 1 aromatic rings. The van der Waals surface area contributed by atoms with Crippen LogP contribution in [0.3, 0.4) is 0 Å². The minimum absolute atomic E-state index is 0.0621. The van der Waals surface area contributed by atoms with Crippen molar-refractivity contribution in [2.24, 2.45) is 11.8 Å². The quantitative estimate of drug-likeness (QED) is 0.735. The summed E-state index contributed by atoms with van der Waals surface area (Å²) in [6.07, 6.45) is -3.85. The lowest BCUT2D eigenvalue weighted by molar-refractivity contribution is -0.137. The van der Waals surface area contributed by atoms with Gasteiger partial charge in [-0.1, -0.05) is 11.6 Å². The molecule has 3 fully saturated rings. The third-order valence-corrected chi connectivity index (χ3v) is 5.12. The number of anilines is 1. The fourth-order valence-electron chi connectivity index (χ4n) is 3.81. The number of carbonyl (C=O) groups is 2. The Kier molecular flexibility index (Phi) is 3.06. The fraction of sp³-hybridized carbons (Fsp3) is 0.467. The summed E-state index contributed by atoms with van der Waals surface area (Å²) in [4.78, 5) is 26.0. The van der Waals surface area contributed by atoms with Gasteiger partial charge in [-0.25, -0.2) is 4.90 Å². The number of fused-ring (bicyclic) bond motifs is 5. The number of benzene rings is 1. The van der Waals surface area contributed by atoms with Crippen molar-refractivity contribution >= 4 is 29.1 Å². The van der Waals surface area contributed by atoms with E-state index in [1.807, 2.05) is 0 Å². The fourth-order valence-corrected chi connectivity index (χ4v) is 4.01. The van der Waals surface area contributed by atoms with Gasteiger partial charge >= 0.3 is 6.18 Å². The average molecular weight is 346 g/mol. The van der Waals surface area contributed by atoms with E-state index in [1.54, 1.807) is 0 Å². The van der Waals surface area contributed by atoms with Crippen molar-refractivity contribution in [1.82, 2.24) is 0 Å². The summed E-state index contributed by atoms with van der Waals surface area (Å²) in [6.45, 7) is 0. The second kappa shape index (κ2) is 4.70. The van der Waals surface area contributed by atoms with Gasteiger partial charge in [0.05, 0.1) is 40.3 Å². The molecular weight excluding hydrogens is 335 g/mol. The average Bonchev–Trinajstić information content (AvgIpc) is 3.13. The van der Waals surface area contributed by atoms with E-state index < -0.39 is 35.4 Å². The van der Waals surface area contributed by atoms with Gasteiger partial charge in [0.2, 0.25) is 11.8 Å². The van der Waals surface area contributed by atoms with Crippen LogP contribution in [0.25, 0.3) is 0 Å². The molecule has 4 nitrogen and oxygen atoms in total. The first-order valence-corrected chi connectivity index (χ1v) is 7.57.